The van der Waals surface area contributed by atoms with Crippen molar-refractivity contribution in [1.82, 2.24) is 73.9 Å². The van der Waals surface area contributed by atoms with Crippen LogP contribution in [-0.4, -0.2) is 73.9 Å². The number of pyridine rings is 1. The van der Waals surface area contributed by atoms with Crippen molar-refractivity contribution < 1.29 is 13.2 Å². The molecule has 0 aliphatic carbocycles. The van der Waals surface area contributed by atoms with Crippen LogP contribution in [0.2, 0.25) is 0 Å². The van der Waals surface area contributed by atoms with Crippen molar-refractivity contribution in [2.24, 2.45) is 0 Å². The zero-order chi connectivity index (χ0) is 76.2. The third-order valence-electron chi connectivity index (χ3n) is 20.3. The fourth-order valence-electron chi connectivity index (χ4n) is 14.8. The van der Waals surface area contributed by atoms with E-state index in [1.54, 1.807) is 18.5 Å². The molecule has 0 radical (unpaired) electrons. The van der Waals surface area contributed by atoms with Crippen LogP contribution in [-0.2, 0) is 6.18 Å². The van der Waals surface area contributed by atoms with Gasteiger partial charge in [0.2, 0.25) is 0 Å². The summed E-state index contributed by atoms with van der Waals surface area (Å²) >= 11 is 0. The minimum Gasteiger partial charge on any atom is -0.309 e. The highest BCUT2D eigenvalue weighted by Crippen LogP contribution is 2.46. The molecule has 0 saturated carbocycles. The molecule has 20 rings (SSSR count). The summed E-state index contributed by atoms with van der Waals surface area (Å²) in [6.45, 7) is 0. The number of rotatable bonds is 15. The van der Waals surface area contributed by atoms with Crippen LogP contribution >= 0.6 is 0 Å². The zero-order valence-electron chi connectivity index (χ0n) is 60.3. The fraction of sp³-hybridized carbons (Fsp3) is 0.0104. The molecule has 0 bridgehead atoms. The molecule has 7 heterocycles. The number of hydrogen-bond donors (Lipinski definition) is 0. The van der Waals surface area contributed by atoms with E-state index in [1.165, 1.54) is 6.07 Å². The van der Waals surface area contributed by atoms with E-state index in [1.807, 2.05) is 314 Å². The predicted octanol–water partition coefficient (Wildman–Crippen LogP) is 22.7. The van der Waals surface area contributed by atoms with Gasteiger partial charge in [-0.05, 0) is 91.0 Å². The van der Waals surface area contributed by atoms with Gasteiger partial charge in [0.25, 0.3) is 0 Å². The summed E-state index contributed by atoms with van der Waals surface area (Å²) in [4.78, 5) is 66.3. The molecule has 0 spiro atoms. The van der Waals surface area contributed by atoms with Gasteiger partial charge in [-0.15, -0.1) is 0 Å². The molecule has 18 heteroatoms. The number of halogens is 3. The molecule has 0 fully saturated rings. The topological polar surface area (TPSA) is 177 Å². The maximum absolute atomic E-state index is 16.0. The Balaban J connectivity index is 0.822. The van der Waals surface area contributed by atoms with Gasteiger partial charge in [0, 0.05) is 106 Å². The first-order chi connectivity index (χ1) is 56.1. The van der Waals surface area contributed by atoms with Crippen LogP contribution in [0.1, 0.15) is 5.56 Å². The van der Waals surface area contributed by atoms with E-state index >= 15 is 13.2 Å². The van der Waals surface area contributed by atoms with E-state index in [0.717, 1.165) is 72.4 Å². The first kappa shape index (κ1) is 67.8. The second kappa shape index (κ2) is 28.5. The minimum atomic E-state index is -4.78. The Kier molecular flexibility index (Phi) is 16.9. The second-order valence-electron chi connectivity index (χ2n) is 27.4. The summed E-state index contributed by atoms with van der Waals surface area (Å²) in [6.07, 6.45) is -1.35. The lowest BCUT2D eigenvalue weighted by molar-refractivity contribution is -0.137. The molecule has 7 aromatic heterocycles. The lowest BCUT2D eigenvalue weighted by atomic mass is 9.99. The number of hydrogen-bond acceptors (Lipinski definition) is 13. The molecular weight excluding hydrogens is 1420 g/mol. The van der Waals surface area contributed by atoms with Crippen molar-refractivity contribution in [2.75, 3.05) is 0 Å². The molecular formula is C96H58F3N15. The van der Waals surface area contributed by atoms with Gasteiger partial charge >= 0.3 is 6.18 Å². The summed E-state index contributed by atoms with van der Waals surface area (Å²) in [5, 5.41) is 2.93. The first-order valence-electron chi connectivity index (χ1n) is 36.9. The summed E-state index contributed by atoms with van der Waals surface area (Å²) in [5.41, 5.74) is 12.7. The fourth-order valence-corrected chi connectivity index (χ4v) is 14.8. The van der Waals surface area contributed by atoms with E-state index in [0.29, 0.717) is 131 Å². The smallest absolute Gasteiger partial charge is 0.309 e. The molecule has 15 nitrogen and oxygen atoms in total. The standard InChI is InChI=1S/C96H58F3N15/c97-96(98,99)71-45-46-72(82(57-71)113-78-47-41-67(92-105-84(59-25-9-1-10-26-59)101-85(106-92)60-27-11-2-12-28-60)53-74(78)75-54-68(42-48-79(75)113)93-107-86(61-29-13-3-14-30-61)102-87(108-93)62-31-15-4-16-32-62)73-51-52-100-58-83(73)114-80-49-43-69(94-109-88(63-33-17-5-18-34-63)103-89(110-94)64-35-19-6-20-36-64)55-76(80)77-56-70(44-50-81(77)114)95-111-90(65-37-21-7-22-38-65)104-91(112-95)66-39-23-8-24-40-66/h1-58H. The Morgan fingerprint density at radius 1 is 0.202 bits per heavy atom. The maximum Gasteiger partial charge on any atom is 0.416 e. The second-order valence-corrected chi connectivity index (χ2v) is 27.4. The van der Waals surface area contributed by atoms with Gasteiger partial charge in [0.15, 0.2) is 69.9 Å². The number of nitrogens with zero attached hydrogens (tertiary/aromatic N) is 15. The monoisotopic (exact) mass is 1480 g/mol. The molecule has 0 aliphatic heterocycles. The SMILES string of the molecule is FC(F)(F)c1ccc(-c2ccncc2-n2c3ccc(-c4nc(-c5ccccc5)nc(-c5ccccc5)n4)cc3c3cc(-c4nc(-c5ccccc5)nc(-c5ccccc5)n4)ccc32)c(-n2c3ccc(-c4nc(-c5ccccc5)nc(-c5ccccc5)n4)cc3c3cc(-c4nc(-c5ccccc5)nc(-c5ccccc5)n4)ccc32)c1. The average molecular weight is 1480 g/mol. The molecule has 0 N–H and O–H groups in total. The Morgan fingerprint density at radius 2 is 0.421 bits per heavy atom. The van der Waals surface area contributed by atoms with Gasteiger partial charge in [-0.2, -0.15) is 13.2 Å². The molecule has 0 amide bonds. The first-order valence-corrected chi connectivity index (χ1v) is 36.9. The van der Waals surface area contributed by atoms with Crippen LogP contribution in [0.4, 0.5) is 13.2 Å². The number of alkyl halides is 3. The summed E-state index contributed by atoms with van der Waals surface area (Å²) in [5.74, 6) is 5.47. The van der Waals surface area contributed by atoms with Gasteiger partial charge in [0.1, 0.15) is 0 Å². The third-order valence-corrected chi connectivity index (χ3v) is 20.3. The number of fused-ring (bicyclic) bond motifs is 6. The molecule has 20 aromatic rings. The Hall–Kier alpha value is -15.6. The highest BCUT2D eigenvalue weighted by Gasteiger charge is 2.33. The van der Waals surface area contributed by atoms with E-state index in [-0.39, 0.29) is 5.69 Å². The minimum absolute atomic E-state index is 0.232. The van der Waals surface area contributed by atoms with E-state index in [9.17, 15) is 0 Å². The summed E-state index contributed by atoms with van der Waals surface area (Å²) in [6, 6.07) is 108. The Morgan fingerprint density at radius 3 is 0.658 bits per heavy atom. The highest BCUT2D eigenvalue weighted by atomic mass is 19.4. The summed E-state index contributed by atoms with van der Waals surface area (Å²) < 4.78 is 52.0. The largest absolute Gasteiger partial charge is 0.416 e. The highest BCUT2D eigenvalue weighted by molar-refractivity contribution is 6.14. The van der Waals surface area contributed by atoms with Crippen molar-refractivity contribution in [1.29, 1.82) is 0 Å². The van der Waals surface area contributed by atoms with Gasteiger partial charge in [0.05, 0.1) is 45.2 Å². The van der Waals surface area contributed by atoms with Gasteiger partial charge in [-0.25, -0.2) is 59.8 Å². The van der Waals surface area contributed by atoms with Gasteiger partial charge in [-0.3, -0.25) is 4.98 Å². The molecule has 0 atom stereocenters. The maximum atomic E-state index is 16.0. The van der Waals surface area contributed by atoms with E-state index in [2.05, 4.69) is 16.7 Å². The molecule has 0 aliphatic rings. The van der Waals surface area contributed by atoms with Crippen molar-refractivity contribution in [2.45, 2.75) is 6.18 Å². The van der Waals surface area contributed by atoms with Crippen LogP contribution < -0.4 is 0 Å². The summed E-state index contributed by atoms with van der Waals surface area (Å²) in [7, 11) is 0. The quantitative estimate of drug-likeness (QED) is 0.0948. The van der Waals surface area contributed by atoms with E-state index < -0.39 is 11.7 Å². The average Bonchev–Trinajstić information content (AvgIpc) is 1.56. The third kappa shape index (κ3) is 12.8. The van der Waals surface area contributed by atoms with Crippen molar-refractivity contribution in [3.63, 3.8) is 0 Å². The molecule has 0 saturated heterocycles. The van der Waals surface area contributed by atoms with Crippen LogP contribution in [0.5, 0.6) is 0 Å². The zero-order valence-corrected chi connectivity index (χ0v) is 60.3. The van der Waals surface area contributed by atoms with Crippen LogP contribution in [0, 0.1) is 0 Å². The van der Waals surface area contributed by atoms with Crippen molar-refractivity contribution in [3.8, 4) is 159 Å². The van der Waals surface area contributed by atoms with Crippen molar-refractivity contribution in [3.05, 3.63) is 358 Å². The molecule has 13 aromatic carbocycles. The molecule has 0 unspecified atom stereocenters. The lowest BCUT2D eigenvalue weighted by Gasteiger charge is -2.20. The Bertz CT molecular complexity index is 6460. The van der Waals surface area contributed by atoms with Crippen LogP contribution in [0.3, 0.4) is 0 Å². The predicted molar refractivity (Wildman–Crippen MR) is 442 cm³/mol. The lowest BCUT2D eigenvalue weighted by Crippen LogP contribution is -2.08. The van der Waals surface area contributed by atoms with Gasteiger partial charge in [-0.1, -0.05) is 249 Å². The number of benzene rings is 13. The number of aromatic nitrogens is 15. The molecule has 538 valence electrons. The Labute approximate surface area is 650 Å². The van der Waals surface area contributed by atoms with Crippen molar-refractivity contribution >= 4 is 43.6 Å². The van der Waals surface area contributed by atoms with Crippen LogP contribution in [0.15, 0.2) is 352 Å². The van der Waals surface area contributed by atoms with E-state index in [4.69, 9.17) is 64.8 Å². The van der Waals surface area contributed by atoms with Crippen LogP contribution in [0.25, 0.3) is 203 Å². The van der Waals surface area contributed by atoms with Gasteiger partial charge < -0.3 is 9.13 Å². The normalized spacial score (nSPS) is 11.6. The molecule has 114 heavy (non-hydrogen) atoms.